The van der Waals surface area contributed by atoms with Gasteiger partial charge in [-0.2, -0.15) is 0 Å². The fourth-order valence-electron chi connectivity index (χ4n) is 3.31. The molecule has 18 heavy (non-hydrogen) atoms. The number of hydrogen-bond donors (Lipinski definition) is 2. The second-order valence-electron chi connectivity index (χ2n) is 5.65. The minimum absolute atomic E-state index is 0. The monoisotopic (exact) mass is 276 g/mol. The molecule has 4 atom stereocenters. The zero-order valence-corrected chi connectivity index (χ0v) is 12.0. The number of nitrogens with one attached hydrogen (secondary N) is 1. The molecular weight excluding hydrogens is 252 g/mol. The summed E-state index contributed by atoms with van der Waals surface area (Å²) >= 11 is 0. The number of hydrogen-bond acceptors (Lipinski definition) is 3. The van der Waals surface area contributed by atoms with Gasteiger partial charge in [-0.3, -0.25) is 4.79 Å². The SMILES string of the molecule is CC(C)OCCNC(=O)C1C2CCC(C2)C1N.Cl. The van der Waals surface area contributed by atoms with Gasteiger partial charge in [-0.25, -0.2) is 0 Å². The van der Waals surface area contributed by atoms with Crippen LogP contribution in [0.1, 0.15) is 33.1 Å². The van der Waals surface area contributed by atoms with Crippen LogP contribution in [0, 0.1) is 17.8 Å². The van der Waals surface area contributed by atoms with Crippen molar-refractivity contribution in [3.8, 4) is 0 Å². The minimum atomic E-state index is 0. The molecule has 0 radical (unpaired) electrons. The fraction of sp³-hybridized carbons (Fsp3) is 0.923. The lowest BCUT2D eigenvalue weighted by Crippen LogP contribution is -2.46. The third-order valence-electron chi connectivity index (χ3n) is 4.14. The van der Waals surface area contributed by atoms with Crippen LogP contribution in [-0.4, -0.2) is 31.2 Å². The van der Waals surface area contributed by atoms with Crippen LogP contribution in [0.2, 0.25) is 0 Å². The maximum atomic E-state index is 12.0. The Hall–Kier alpha value is -0.320. The molecule has 2 fully saturated rings. The van der Waals surface area contributed by atoms with Gasteiger partial charge in [-0.1, -0.05) is 0 Å². The number of nitrogens with two attached hydrogens (primary N) is 1. The highest BCUT2D eigenvalue weighted by atomic mass is 35.5. The summed E-state index contributed by atoms with van der Waals surface area (Å²) in [6, 6.07) is 0.0831. The maximum absolute atomic E-state index is 12.0. The van der Waals surface area contributed by atoms with Gasteiger partial charge in [0.1, 0.15) is 0 Å². The second-order valence-corrected chi connectivity index (χ2v) is 5.65. The summed E-state index contributed by atoms with van der Waals surface area (Å²) in [7, 11) is 0. The van der Waals surface area contributed by atoms with Gasteiger partial charge >= 0.3 is 0 Å². The van der Waals surface area contributed by atoms with Crippen LogP contribution in [0.25, 0.3) is 0 Å². The predicted molar refractivity (Wildman–Crippen MR) is 73.6 cm³/mol. The normalized spacial score (nSPS) is 33.6. The van der Waals surface area contributed by atoms with Crippen molar-refractivity contribution in [2.75, 3.05) is 13.2 Å². The lowest BCUT2D eigenvalue weighted by atomic mass is 9.84. The summed E-state index contributed by atoms with van der Waals surface area (Å²) < 4.78 is 5.40. The zero-order valence-electron chi connectivity index (χ0n) is 11.2. The van der Waals surface area contributed by atoms with Gasteiger partial charge in [0.15, 0.2) is 0 Å². The van der Waals surface area contributed by atoms with Crippen molar-refractivity contribution in [2.24, 2.45) is 23.5 Å². The summed E-state index contributed by atoms with van der Waals surface area (Å²) in [5, 5.41) is 2.95. The van der Waals surface area contributed by atoms with E-state index in [-0.39, 0.29) is 36.4 Å². The number of carbonyl (C=O) groups is 1. The molecule has 2 bridgehead atoms. The molecule has 1 amide bonds. The molecule has 106 valence electrons. The van der Waals surface area contributed by atoms with Crippen molar-refractivity contribution >= 4 is 18.3 Å². The molecule has 4 nitrogen and oxygen atoms in total. The van der Waals surface area contributed by atoms with E-state index in [0.29, 0.717) is 25.0 Å². The molecule has 0 aromatic heterocycles. The average molecular weight is 277 g/mol. The summed E-state index contributed by atoms with van der Waals surface area (Å²) in [6.07, 6.45) is 3.77. The van der Waals surface area contributed by atoms with E-state index in [1.54, 1.807) is 0 Å². The molecule has 2 aliphatic carbocycles. The summed E-state index contributed by atoms with van der Waals surface area (Å²) in [5.74, 6) is 1.30. The number of ether oxygens (including phenoxy) is 1. The molecule has 4 unspecified atom stereocenters. The van der Waals surface area contributed by atoms with Crippen molar-refractivity contribution in [3.63, 3.8) is 0 Å². The highest BCUT2D eigenvalue weighted by molar-refractivity contribution is 5.85. The number of fused-ring (bicyclic) bond motifs is 2. The van der Waals surface area contributed by atoms with Crippen molar-refractivity contribution in [2.45, 2.75) is 45.3 Å². The second kappa shape index (κ2) is 6.73. The van der Waals surface area contributed by atoms with E-state index < -0.39 is 0 Å². The van der Waals surface area contributed by atoms with E-state index in [9.17, 15) is 4.79 Å². The van der Waals surface area contributed by atoms with Gasteiger partial charge in [0.2, 0.25) is 5.91 Å². The maximum Gasteiger partial charge on any atom is 0.225 e. The number of carbonyl (C=O) groups excluding carboxylic acids is 1. The Morgan fingerprint density at radius 1 is 1.39 bits per heavy atom. The molecule has 3 N–H and O–H groups in total. The molecule has 0 heterocycles. The minimum Gasteiger partial charge on any atom is -0.377 e. The Morgan fingerprint density at radius 3 is 2.61 bits per heavy atom. The van der Waals surface area contributed by atoms with E-state index in [1.165, 1.54) is 12.8 Å². The molecule has 0 spiro atoms. The van der Waals surface area contributed by atoms with E-state index in [2.05, 4.69) is 5.32 Å². The van der Waals surface area contributed by atoms with E-state index in [1.807, 2.05) is 13.8 Å². The van der Waals surface area contributed by atoms with E-state index >= 15 is 0 Å². The lowest BCUT2D eigenvalue weighted by Gasteiger charge is -2.27. The topological polar surface area (TPSA) is 64.3 Å². The first kappa shape index (κ1) is 15.7. The van der Waals surface area contributed by atoms with Crippen LogP contribution in [0.3, 0.4) is 0 Å². The van der Waals surface area contributed by atoms with Crippen molar-refractivity contribution < 1.29 is 9.53 Å². The van der Waals surface area contributed by atoms with Crippen LogP contribution in [0.5, 0.6) is 0 Å². The highest BCUT2D eigenvalue weighted by Crippen LogP contribution is 2.47. The Kier molecular flexibility index (Phi) is 5.89. The van der Waals surface area contributed by atoms with Crippen molar-refractivity contribution in [1.82, 2.24) is 5.32 Å². The molecule has 0 aliphatic heterocycles. The van der Waals surface area contributed by atoms with E-state index in [4.69, 9.17) is 10.5 Å². The predicted octanol–water partition coefficient (Wildman–Crippen LogP) is 1.32. The Labute approximate surface area is 115 Å². The number of amides is 1. The number of rotatable bonds is 5. The first-order chi connectivity index (χ1) is 8.09. The molecule has 2 saturated carbocycles. The molecule has 2 rings (SSSR count). The highest BCUT2D eigenvalue weighted by Gasteiger charge is 2.48. The molecular formula is C13H25ClN2O2. The lowest BCUT2D eigenvalue weighted by molar-refractivity contribution is -0.127. The van der Waals surface area contributed by atoms with Gasteiger partial charge in [-0.15, -0.1) is 12.4 Å². The average Bonchev–Trinajstić information content (AvgIpc) is 2.84. The van der Waals surface area contributed by atoms with Gasteiger partial charge in [-0.05, 0) is 44.9 Å². The first-order valence-corrected chi connectivity index (χ1v) is 6.74. The standard InChI is InChI=1S/C13H24N2O2.ClH/c1-8(2)17-6-5-15-13(16)11-9-3-4-10(7-9)12(11)14;/h8-12H,3-7,14H2,1-2H3,(H,15,16);1H. The molecule has 0 saturated heterocycles. The van der Waals surface area contributed by atoms with Gasteiger partial charge in [0, 0.05) is 12.6 Å². The quantitative estimate of drug-likeness (QED) is 0.745. The van der Waals surface area contributed by atoms with Crippen LogP contribution < -0.4 is 11.1 Å². The van der Waals surface area contributed by atoms with Crippen LogP contribution in [-0.2, 0) is 9.53 Å². The van der Waals surface area contributed by atoms with Crippen molar-refractivity contribution in [1.29, 1.82) is 0 Å². The molecule has 0 aromatic rings. The molecule has 0 aromatic carbocycles. The smallest absolute Gasteiger partial charge is 0.225 e. The van der Waals surface area contributed by atoms with Crippen LogP contribution in [0.15, 0.2) is 0 Å². The molecule has 2 aliphatic rings. The first-order valence-electron chi connectivity index (χ1n) is 6.74. The number of halogens is 1. The van der Waals surface area contributed by atoms with Crippen molar-refractivity contribution in [3.05, 3.63) is 0 Å². The third kappa shape index (κ3) is 3.37. The van der Waals surface area contributed by atoms with Crippen LogP contribution in [0.4, 0.5) is 0 Å². The summed E-state index contributed by atoms with van der Waals surface area (Å²) in [6.45, 7) is 5.17. The largest absolute Gasteiger partial charge is 0.377 e. The fourth-order valence-corrected chi connectivity index (χ4v) is 3.31. The Morgan fingerprint density at radius 2 is 2.06 bits per heavy atom. The van der Waals surface area contributed by atoms with E-state index in [0.717, 1.165) is 6.42 Å². The van der Waals surface area contributed by atoms with Gasteiger partial charge in [0.05, 0.1) is 18.6 Å². The zero-order chi connectivity index (χ0) is 12.4. The van der Waals surface area contributed by atoms with Gasteiger partial charge in [0.25, 0.3) is 0 Å². The van der Waals surface area contributed by atoms with Gasteiger partial charge < -0.3 is 15.8 Å². The third-order valence-corrected chi connectivity index (χ3v) is 4.14. The summed E-state index contributed by atoms with van der Waals surface area (Å²) in [4.78, 5) is 12.0. The Bertz CT molecular complexity index is 284. The Balaban J connectivity index is 0.00000162. The summed E-state index contributed by atoms with van der Waals surface area (Å²) in [5.41, 5.74) is 6.13. The van der Waals surface area contributed by atoms with Crippen LogP contribution >= 0.6 is 12.4 Å². The molecule has 5 heteroatoms.